The molecule has 0 unspecified atom stereocenters. The summed E-state index contributed by atoms with van der Waals surface area (Å²) in [5, 5.41) is 9.74. The summed E-state index contributed by atoms with van der Waals surface area (Å²) >= 11 is 0. The van der Waals surface area contributed by atoms with Gasteiger partial charge in [0.25, 0.3) is 5.91 Å². The van der Waals surface area contributed by atoms with Gasteiger partial charge < -0.3 is 10.1 Å². The monoisotopic (exact) mass is 308 g/mol. The maximum atomic E-state index is 12.2. The van der Waals surface area contributed by atoms with Gasteiger partial charge in [-0.1, -0.05) is 18.2 Å². The van der Waals surface area contributed by atoms with Crippen molar-refractivity contribution in [2.24, 2.45) is 0 Å². The molecule has 23 heavy (non-hydrogen) atoms. The molecular formula is C17H16N4O2. The van der Waals surface area contributed by atoms with Gasteiger partial charge in [0.05, 0.1) is 25.0 Å². The highest BCUT2D eigenvalue weighted by atomic mass is 16.5. The van der Waals surface area contributed by atoms with Gasteiger partial charge >= 0.3 is 0 Å². The third-order valence-corrected chi connectivity index (χ3v) is 3.34. The number of aromatic amines is 1. The number of hydrogen-bond donors (Lipinski definition) is 2. The number of amides is 1. The van der Waals surface area contributed by atoms with Crippen molar-refractivity contribution in [1.29, 1.82) is 0 Å². The summed E-state index contributed by atoms with van der Waals surface area (Å²) in [6, 6.07) is 14.8. The topological polar surface area (TPSA) is 79.9 Å². The van der Waals surface area contributed by atoms with Crippen LogP contribution in [-0.2, 0) is 6.54 Å². The Morgan fingerprint density at radius 1 is 1.22 bits per heavy atom. The Morgan fingerprint density at radius 2 is 2.13 bits per heavy atom. The average Bonchev–Trinajstić information content (AvgIpc) is 3.11. The fraction of sp³-hybridized carbons (Fsp3) is 0.118. The summed E-state index contributed by atoms with van der Waals surface area (Å²) in [6.45, 7) is 0.368. The number of benzene rings is 1. The van der Waals surface area contributed by atoms with Crippen molar-refractivity contribution < 1.29 is 9.53 Å². The predicted molar refractivity (Wildman–Crippen MR) is 86.0 cm³/mol. The van der Waals surface area contributed by atoms with Gasteiger partial charge in [-0.25, -0.2) is 0 Å². The Balaban J connectivity index is 1.69. The zero-order valence-corrected chi connectivity index (χ0v) is 12.6. The maximum absolute atomic E-state index is 12.2. The molecule has 0 fully saturated rings. The van der Waals surface area contributed by atoms with Crippen molar-refractivity contribution in [2.75, 3.05) is 7.11 Å². The first-order chi connectivity index (χ1) is 11.3. The van der Waals surface area contributed by atoms with Crippen LogP contribution in [0.4, 0.5) is 0 Å². The van der Waals surface area contributed by atoms with Crippen LogP contribution in [-0.4, -0.2) is 28.2 Å². The zero-order chi connectivity index (χ0) is 16.1. The van der Waals surface area contributed by atoms with Crippen molar-refractivity contribution in [3.8, 4) is 17.0 Å². The number of hydrogen-bond acceptors (Lipinski definition) is 4. The predicted octanol–water partition coefficient (Wildman–Crippen LogP) is 2.41. The van der Waals surface area contributed by atoms with Crippen molar-refractivity contribution in [3.05, 3.63) is 66.1 Å². The van der Waals surface area contributed by atoms with Gasteiger partial charge in [-0.05, 0) is 30.3 Å². The minimum Gasteiger partial charge on any atom is -0.497 e. The highest BCUT2D eigenvalue weighted by Crippen LogP contribution is 2.22. The molecule has 2 aromatic heterocycles. The number of rotatable bonds is 5. The van der Waals surface area contributed by atoms with Crippen molar-refractivity contribution >= 4 is 5.91 Å². The molecule has 6 heteroatoms. The average molecular weight is 308 g/mol. The second kappa shape index (κ2) is 6.74. The Labute approximate surface area is 133 Å². The van der Waals surface area contributed by atoms with Gasteiger partial charge in [0.15, 0.2) is 0 Å². The van der Waals surface area contributed by atoms with E-state index in [0.29, 0.717) is 17.9 Å². The molecule has 2 N–H and O–H groups in total. The molecule has 0 radical (unpaired) electrons. The molecule has 0 saturated carbocycles. The summed E-state index contributed by atoms with van der Waals surface area (Å²) in [5.74, 6) is 0.518. The Kier molecular flexibility index (Phi) is 4.33. The quantitative estimate of drug-likeness (QED) is 0.758. The van der Waals surface area contributed by atoms with E-state index in [2.05, 4.69) is 20.5 Å². The van der Waals surface area contributed by atoms with Gasteiger partial charge in [0.1, 0.15) is 11.4 Å². The number of aromatic nitrogens is 3. The molecule has 3 rings (SSSR count). The lowest BCUT2D eigenvalue weighted by molar-refractivity contribution is 0.0945. The molecule has 0 aliphatic heterocycles. The highest BCUT2D eigenvalue weighted by Gasteiger charge is 2.11. The van der Waals surface area contributed by atoms with Crippen LogP contribution >= 0.6 is 0 Å². The van der Waals surface area contributed by atoms with E-state index in [1.165, 1.54) is 0 Å². The van der Waals surface area contributed by atoms with E-state index in [-0.39, 0.29) is 5.91 Å². The Hall–Kier alpha value is -3.15. The molecule has 3 aromatic rings. The normalized spacial score (nSPS) is 10.3. The van der Waals surface area contributed by atoms with Crippen LogP contribution in [0.5, 0.6) is 5.75 Å². The smallest absolute Gasteiger partial charge is 0.269 e. The van der Waals surface area contributed by atoms with E-state index in [1.54, 1.807) is 19.4 Å². The van der Waals surface area contributed by atoms with Crippen LogP contribution in [0.15, 0.2) is 54.7 Å². The van der Waals surface area contributed by atoms with Gasteiger partial charge in [-0.3, -0.25) is 14.9 Å². The fourth-order valence-corrected chi connectivity index (χ4v) is 2.14. The van der Waals surface area contributed by atoms with Crippen LogP contribution in [0.25, 0.3) is 11.3 Å². The molecule has 0 aliphatic carbocycles. The largest absolute Gasteiger partial charge is 0.497 e. The SMILES string of the molecule is COc1cccc(-c2cc(C(=O)NCc3ccccn3)[nH]n2)c1. The molecule has 116 valence electrons. The van der Waals surface area contributed by atoms with E-state index < -0.39 is 0 Å². The summed E-state index contributed by atoms with van der Waals surface area (Å²) in [7, 11) is 1.61. The molecule has 0 atom stereocenters. The van der Waals surface area contributed by atoms with Gasteiger partial charge in [-0.15, -0.1) is 0 Å². The van der Waals surface area contributed by atoms with Crippen LogP contribution in [0.2, 0.25) is 0 Å². The minimum atomic E-state index is -0.225. The summed E-state index contributed by atoms with van der Waals surface area (Å²) < 4.78 is 5.19. The standard InChI is InChI=1S/C17H16N4O2/c1-23-14-7-4-5-12(9-14)15-10-16(21-20-15)17(22)19-11-13-6-2-3-8-18-13/h2-10H,11H2,1H3,(H,19,22)(H,20,21). The maximum Gasteiger partial charge on any atom is 0.269 e. The van der Waals surface area contributed by atoms with E-state index in [9.17, 15) is 4.79 Å². The first-order valence-electron chi connectivity index (χ1n) is 7.14. The Morgan fingerprint density at radius 3 is 2.91 bits per heavy atom. The lowest BCUT2D eigenvalue weighted by Crippen LogP contribution is -2.23. The van der Waals surface area contributed by atoms with E-state index >= 15 is 0 Å². The second-order valence-electron chi connectivity index (χ2n) is 4.90. The summed E-state index contributed by atoms with van der Waals surface area (Å²) in [5.41, 5.74) is 2.77. The molecule has 0 spiro atoms. The van der Waals surface area contributed by atoms with Crippen molar-refractivity contribution in [1.82, 2.24) is 20.5 Å². The van der Waals surface area contributed by atoms with Crippen molar-refractivity contribution in [3.63, 3.8) is 0 Å². The summed E-state index contributed by atoms with van der Waals surface area (Å²) in [4.78, 5) is 16.3. The number of nitrogens with one attached hydrogen (secondary N) is 2. The lowest BCUT2D eigenvalue weighted by atomic mass is 10.1. The van der Waals surface area contributed by atoms with Crippen molar-refractivity contribution in [2.45, 2.75) is 6.54 Å². The molecule has 0 aliphatic rings. The Bertz CT molecular complexity index is 799. The molecular weight excluding hydrogens is 292 g/mol. The third-order valence-electron chi connectivity index (χ3n) is 3.34. The third kappa shape index (κ3) is 3.55. The fourth-order valence-electron chi connectivity index (χ4n) is 2.14. The molecule has 1 amide bonds. The molecule has 0 bridgehead atoms. The number of ether oxygens (including phenoxy) is 1. The van der Waals surface area contributed by atoms with Gasteiger partial charge in [0.2, 0.25) is 0 Å². The number of carbonyl (C=O) groups is 1. The first-order valence-corrected chi connectivity index (χ1v) is 7.14. The lowest BCUT2D eigenvalue weighted by Gasteiger charge is -2.02. The summed E-state index contributed by atoms with van der Waals surface area (Å²) in [6.07, 6.45) is 1.69. The molecule has 0 saturated heterocycles. The number of nitrogens with zero attached hydrogens (tertiary/aromatic N) is 2. The minimum absolute atomic E-state index is 0.225. The van der Waals surface area contributed by atoms with Crippen LogP contribution < -0.4 is 10.1 Å². The molecule has 1 aromatic carbocycles. The molecule has 6 nitrogen and oxygen atoms in total. The number of carbonyl (C=O) groups excluding carboxylic acids is 1. The van der Waals surface area contributed by atoms with Gasteiger partial charge in [0, 0.05) is 11.8 Å². The first kappa shape index (κ1) is 14.8. The zero-order valence-electron chi connectivity index (χ0n) is 12.6. The number of methoxy groups -OCH3 is 1. The second-order valence-corrected chi connectivity index (χ2v) is 4.90. The van der Waals surface area contributed by atoms with Gasteiger partial charge in [-0.2, -0.15) is 5.10 Å². The van der Waals surface area contributed by atoms with Crippen LogP contribution in [0.1, 0.15) is 16.2 Å². The highest BCUT2D eigenvalue weighted by molar-refractivity contribution is 5.93. The number of pyridine rings is 1. The van der Waals surface area contributed by atoms with E-state index in [1.807, 2.05) is 42.5 Å². The van der Waals surface area contributed by atoms with E-state index in [4.69, 9.17) is 4.74 Å². The van der Waals surface area contributed by atoms with E-state index in [0.717, 1.165) is 17.0 Å². The molecule has 2 heterocycles. The van der Waals surface area contributed by atoms with Crippen LogP contribution in [0.3, 0.4) is 0 Å². The van der Waals surface area contributed by atoms with Crippen LogP contribution in [0, 0.1) is 0 Å². The number of H-pyrrole nitrogens is 1.